The van der Waals surface area contributed by atoms with Crippen molar-refractivity contribution in [1.82, 2.24) is 10.3 Å². The zero-order chi connectivity index (χ0) is 14.3. The molecule has 4 nitrogen and oxygen atoms in total. The van der Waals surface area contributed by atoms with Crippen LogP contribution in [-0.4, -0.2) is 23.2 Å². The molecule has 0 aliphatic carbocycles. The number of nitrogens with zero attached hydrogens (tertiary/aromatic N) is 1. The summed E-state index contributed by atoms with van der Waals surface area (Å²) in [5.74, 6) is 0. The molecule has 1 amide bonds. The monoisotopic (exact) mass is 300 g/mol. The summed E-state index contributed by atoms with van der Waals surface area (Å²) in [6.07, 6.45) is 3.01. The second-order valence-corrected chi connectivity index (χ2v) is 6.24. The van der Waals surface area contributed by atoms with Crippen LogP contribution >= 0.6 is 22.5 Å². The predicted octanol–water partition coefficient (Wildman–Crippen LogP) is 3.48. The minimum atomic E-state index is -0.457. The van der Waals surface area contributed by atoms with E-state index in [-0.39, 0.29) is 6.09 Å². The molecule has 0 aliphatic rings. The highest BCUT2D eigenvalue weighted by molar-refractivity contribution is 8.68. The Balaban J connectivity index is 2.29. The van der Waals surface area contributed by atoms with Crippen LogP contribution in [-0.2, 0) is 11.2 Å². The van der Waals surface area contributed by atoms with E-state index >= 15 is 0 Å². The van der Waals surface area contributed by atoms with Crippen molar-refractivity contribution in [2.45, 2.75) is 44.1 Å². The molecule has 0 fully saturated rings. The molecule has 106 valence electrons. The van der Waals surface area contributed by atoms with Crippen LogP contribution in [0.2, 0.25) is 0 Å². The van der Waals surface area contributed by atoms with E-state index in [0.717, 1.165) is 23.4 Å². The molecule has 1 N–H and O–H groups in total. The number of rotatable bonds is 5. The van der Waals surface area contributed by atoms with Gasteiger partial charge in [-0.3, -0.25) is 4.98 Å². The maximum Gasteiger partial charge on any atom is 0.407 e. The second kappa shape index (κ2) is 7.65. The molecular weight excluding hydrogens is 280 g/mol. The van der Waals surface area contributed by atoms with E-state index in [4.69, 9.17) is 4.74 Å². The van der Waals surface area contributed by atoms with Crippen LogP contribution in [0.4, 0.5) is 4.79 Å². The summed E-state index contributed by atoms with van der Waals surface area (Å²) < 4.78 is 5.15. The first-order valence-electron chi connectivity index (χ1n) is 6.14. The highest BCUT2D eigenvalue weighted by atomic mass is 33.1. The van der Waals surface area contributed by atoms with Crippen LogP contribution in [0.3, 0.4) is 0 Å². The van der Waals surface area contributed by atoms with E-state index in [1.807, 2.05) is 32.9 Å². The van der Waals surface area contributed by atoms with Gasteiger partial charge >= 0.3 is 6.09 Å². The number of alkyl carbamates (subject to hydrolysis) is 1. The summed E-state index contributed by atoms with van der Waals surface area (Å²) in [6.45, 7) is 6.10. The molecule has 6 heteroatoms. The minimum absolute atomic E-state index is 0.377. The summed E-state index contributed by atoms with van der Waals surface area (Å²) in [4.78, 5) is 16.8. The van der Waals surface area contributed by atoms with Gasteiger partial charge in [0.1, 0.15) is 5.60 Å². The fourth-order valence-corrected chi connectivity index (χ4v) is 2.35. The number of thiol groups is 1. The first-order chi connectivity index (χ1) is 8.92. The lowest BCUT2D eigenvalue weighted by molar-refractivity contribution is 0.0527. The average molecular weight is 300 g/mol. The van der Waals surface area contributed by atoms with E-state index in [0.29, 0.717) is 6.54 Å². The molecule has 1 aromatic heterocycles. The third-order valence-electron chi connectivity index (χ3n) is 2.21. The fourth-order valence-electron chi connectivity index (χ4n) is 1.45. The molecule has 1 rings (SSSR count). The minimum Gasteiger partial charge on any atom is -0.444 e. The summed E-state index contributed by atoms with van der Waals surface area (Å²) in [5, 5.41) is 2.73. The van der Waals surface area contributed by atoms with Crippen molar-refractivity contribution in [3.8, 4) is 0 Å². The zero-order valence-corrected chi connectivity index (χ0v) is 13.2. The third-order valence-corrected chi connectivity index (χ3v) is 3.36. The van der Waals surface area contributed by atoms with Gasteiger partial charge < -0.3 is 10.1 Å². The van der Waals surface area contributed by atoms with Crippen molar-refractivity contribution in [2.75, 3.05) is 6.54 Å². The molecule has 0 unspecified atom stereocenters. The largest absolute Gasteiger partial charge is 0.444 e. The van der Waals surface area contributed by atoms with Gasteiger partial charge in [-0.2, -0.15) is 0 Å². The number of hydrogen-bond acceptors (Lipinski definition) is 5. The van der Waals surface area contributed by atoms with E-state index in [1.54, 1.807) is 6.20 Å². The fraction of sp³-hybridized carbons (Fsp3) is 0.538. The summed E-state index contributed by atoms with van der Waals surface area (Å²) in [6, 6.07) is 3.88. The number of ether oxygens (including phenoxy) is 1. The number of pyridine rings is 1. The number of nitrogens with one attached hydrogen (secondary N) is 1. The van der Waals surface area contributed by atoms with E-state index in [1.165, 1.54) is 10.8 Å². The Morgan fingerprint density at radius 3 is 2.89 bits per heavy atom. The van der Waals surface area contributed by atoms with Crippen LogP contribution in [0.15, 0.2) is 23.2 Å². The maximum absolute atomic E-state index is 11.4. The molecule has 19 heavy (non-hydrogen) atoms. The average Bonchev–Trinajstić information content (AvgIpc) is 2.33. The van der Waals surface area contributed by atoms with E-state index < -0.39 is 5.60 Å². The van der Waals surface area contributed by atoms with Crippen molar-refractivity contribution >= 4 is 28.5 Å². The van der Waals surface area contributed by atoms with Gasteiger partial charge in [-0.25, -0.2) is 4.79 Å². The summed E-state index contributed by atoms with van der Waals surface area (Å²) in [5.41, 5.74) is 0.550. The number of aryl methyl sites for hydroxylation is 1. The Hall–Kier alpha value is -0.880. The Morgan fingerprint density at radius 2 is 2.26 bits per heavy atom. The smallest absolute Gasteiger partial charge is 0.407 e. The van der Waals surface area contributed by atoms with Gasteiger partial charge in [0.05, 0.1) is 5.69 Å². The summed E-state index contributed by atoms with van der Waals surface area (Å²) in [7, 11) is 1.39. The quantitative estimate of drug-likeness (QED) is 0.496. The zero-order valence-electron chi connectivity index (χ0n) is 11.5. The number of aromatic nitrogens is 1. The lowest BCUT2D eigenvalue weighted by Crippen LogP contribution is -2.33. The van der Waals surface area contributed by atoms with Gasteiger partial charge in [0, 0.05) is 17.6 Å². The summed E-state index contributed by atoms with van der Waals surface area (Å²) >= 11 is 4.19. The normalized spacial score (nSPS) is 11.2. The molecule has 0 saturated heterocycles. The van der Waals surface area contributed by atoms with E-state index in [9.17, 15) is 4.79 Å². The molecule has 1 aromatic rings. The highest BCUT2D eigenvalue weighted by Crippen LogP contribution is 2.24. The Labute approximate surface area is 123 Å². The molecule has 0 saturated carbocycles. The molecule has 0 atom stereocenters. The van der Waals surface area contributed by atoms with Crippen LogP contribution < -0.4 is 5.32 Å². The van der Waals surface area contributed by atoms with Gasteiger partial charge in [0.15, 0.2) is 0 Å². The van der Waals surface area contributed by atoms with Gasteiger partial charge in [-0.1, -0.05) is 10.8 Å². The first-order valence-corrected chi connectivity index (χ1v) is 8.01. The van der Waals surface area contributed by atoms with Crippen LogP contribution in [0, 0.1) is 0 Å². The molecule has 0 spiro atoms. The Kier molecular flexibility index (Phi) is 6.51. The van der Waals surface area contributed by atoms with Crippen LogP contribution in [0.25, 0.3) is 0 Å². The van der Waals surface area contributed by atoms with E-state index in [2.05, 4.69) is 22.0 Å². The lowest BCUT2D eigenvalue weighted by atomic mass is 10.2. The van der Waals surface area contributed by atoms with Crippen LogP contribution in [0.5, 0.6) is 0 Å². The molecule has 0 aromatic carbocycles. The molecule has 0 radical (unpaired) electrons. The van der Waals surface area contributed by atoms with Crippen LogP contribution in [0.1, 0.15) is 32.9 Å². The highest BCUT2D eigenvalue weighted by Gasteiger charge is 2.15. The van der Waals surface area contributed by atoms with Crippen molar-refractivity contribution in [3.05, 3.63) is 24.0 Å². The van der Waals surface area contributed by atoms with Crippen molar-refractivity contribution in [1.29, 1.82) is 0 Å². The maximum atomic E-state index is 11.4. The lowest BCUT2D eigenvalue weighted by Gasteiger charge is -2.19. The van der Waals surface area contributed by atoms with Gasteiger partial charge in [0.2, 0.25) is 0 Å². The standard InChI is InChI=1S/C13H20N2O2S2/c1-13(2,3)17-12(16)15-9-4-6-10-11(19-18)7-5-8-14-10/h5,7-8,18H,4,6,9H2,1-3H3,(H,15,16). The number of carbonyl (C=O) groups excluding carboxylic acids is 1. The molecular formula is C13H20N2O2S2. The van der Waals surface area contributed by atoms with Crippen molar-refractivity contribution in [3.63, 3.8) is 0 Å². The third kappa shape index (κ3) is 6.73. The molecule has 1 heterocycles. The topological polar surface area (TPSA) is 51.2 Å². The van der Waals surface area contributed by atoms with Gasteiger partial charge in [0.25, 0.3) is 0 Å². The number of carbonyl (C=O) groups is 1. The molecule has 0 aliphatic heterocycles. The van der Waals surface area contributed by atoms with Crippen molar-refractivity contribution in [2.24, 2.45) is 0 Å². The number of hydrogen-bond donors (Lipinski definition) is 2. The Morgan fingerprint density at radius 1 is 1.53 bits per heavy atom. The molecule has 0 bridgehead atoms. The van der Waals surface area contributed by atoms with Gasteiger partial charge in [-0.05, 0) is 45.7 Å². The van der Waals surface area contributed by atoms with Gasteiger partial charge in [-0.15, -0.1) is 11.7 Å². The Bertz CT molecular complexity index is 419. The second-order valence-electron chi connectivity index (χ2n) is 5.07. The first kappa shape index (κ1) is 16.2. The predicted molar refractivity (Wildman–Crippen MR) is 81.6 cm³/mol. The number of amides is 1. The van der Waals surface area contributed by atoms with Crippen molar-refractivity contribution < 1.29 is 9.53 Å². The SMILES string of the molecule is CC(C)(C)OC(=O)NCCCc1ncccc1SS.